The largest absolute Gasteiger partial charge is 0.467 e. The molecule has 326 valence electrons. The molecule has 0 aliphatic heterocycles. The van der Waals surface area contributed by atoms with Gasteiger partial charge in [0.2, 0.25) is 23.6 Å². The van der Waals surface area contributed by atoms with E-state index >= 15 is 0 Å². The smallest absolute Gasteiger partial charge is 0.407 e. The Morgan fingerprint density at radius 3 is 1.19 bits per heavy atom. The lowest BCUT2D eigenvalue weighted by Crippen LogP contribution is -2.55. The van der Waals surface area contributed by atoms with Crippen LogP contribution in [0.15, 0.2) is 0 Å². The van der Waals surface area contributed by atoms with Crippen molar-refractivity contribution < 1.29 is 57.3 Å². The van der Waals surface area contributed by atoms with E-state index in [9.17, 15) is 38.4 Å². The van der Waals surface area contributed by atoms with Crippen LogP contribution in [0.2, 0.25) is 0 Å². The number of ether oxygens (including phenoxy) is 4. The normalized spacial score (nSPS) is 17.4. The first-order valence-corrected chi connectivity index (χ1v) is 20.0. The summed E-state index contributed by atoms with van der Waals surface area (Å²) < 4.78 is 20.2. The summed E-state index contributed by atoms with van der Waals surface area (Å²) in [7, 11) is 2.34. The third-order valence-electron chi connectivity index (χ3n) is 8.96. The van der Waals surface area contributed by atoms with Crippen molar-refractivity contribution in [3.63, 3.8) is 0 Å². The molecule has 0 aromatic heterocycles. The van der Waals surface area contributed by atoms with Crippen LogP contribution >= 0.6 is 0 Å². The Bertz CT molecular complexity index is 1260. The molecule has 0 aromatic rings. The van der Waals surface area contributed by atoms with Crippen LogP contribution in [0.5, 0.6) is 0 Å². The van der Waals surface area contributed by atoms with Crippen LogP contribution in [-0.4, -0.2) is 110 Å². The maximum atomic E-state index is 13.8. The fraction of sp³-hybridized carbons (Fsp3) is 0.795. The Balaban J connectivity index is 3.05. The van der Waals surface area contributed by atoms with Gasteiger partial charge in [0.05, 0.1) is 14.2 Å². The van der Waals surface area contributed by atoms with Gasteiger partial charge < -0.3 is 50.8 Å². The number of esters is 2. The van der Waals surface area contributed by atoms with Crippen LogP contribution in [0.4, 0.5) is 9.59 Å². The Labute approximate surface area is 337 Å². The molecule has 0 aromatic carbocycles. The number of amides is 6. The molecule has 0 saturated heterocycles. The molecule has 18 nitrogen and oxygen atoms in total. The number of methoxy groups -OCH3 is 2. The zero-order valence-electron chi connectivity index (χ0n) is 35.6. The van der Waals surface area contributed by atoms with Gasteiger partial charge in [-0.1, -0.05) is 46.0 Å². The highest BCUT2D eigenvalue weighted by Gasteiger charge is 2.40. The average Bonchev–Trinajstić information content (AvgIpc) is 3.62. The Kier molecular flexibility index (Phi) is 22.0. The number of alkyl carbamates (subject to hydrolysis) is 2. The van der Waals surface area contributed by atoms with Crippen LogP contribution in [0.1, 0.15) is 126 Å². The minimum atomic E-state index is -1.13. The van der Waals surface area contributed by atoms with Gasteiger partial charge in [-0.25, -0.2) is 19.2 Å². The summed E-state index contributed by atoms with van der Waals surface area (Å²) >= 11 is 0. The molecule has 1 aliphatic carbocycles. The van der Waals surface area contributed by atoms with Crippen LogP contribution in [-0.2, 0) is 47.7 Å². The van der Waals surface area contributed by atoms with Crippen molar-refractivity contribution in [2.75, 3.05) is 27.3 Å². The van der Waals surface area contributed by atoms with Gasteiger partial charge in [0, 0.05) is 24.9 Å². The third-order valence-corrected chi connectivity index (χ3v) is 8.96. The minimum Gasteiger partial charge on any atom is -0.467 e. The van der Waals surface area contributed by atoms with Gasteiger partial charge in [-0.05, 0) is 80.1 Å². The van der Waals surface area contributed by atoms with Gasteiger partial charge in [0.15, 0.2) is 0 Å². The first-order valence-electron chi connectivity index (χ1n) is 20.0. The highest BCUT2D eigenvalue weighted by Crippen LogP contribution is 2.32. The number of hydrogen-bond donors (Lipinski definition) is 6. The predicted octanol–water partition coefficient (Wildman–Crippen LogP) is 2.90. The molecule has 0 bridgehead atoms. The van der Waals surface area contributed by atoms with Gasteiger partial charge in [-0.3, -0.25) is 19.2 Å². The van der Waals surface area contributed by atoms with Crippen molar-refractivity contribution >= 4 is 47.8 Å². The zero-order chi connectivity index (χ0) is 43.3. The Morgan fingerprint density at radius 1 is 0.544 bits per heavy atom. The summed E-state index contributed by atoms with van der Waals surface area (Å²) in [4.78, 5) is 104. The Hall–Kier alpha value is -4.64. The van der Waals surface area contributed by atoms with Crippen LogP contribution in [0.3, 0.4) is 0 Å². The Morgan fingerprint density at radius 2 is 0.895 bits per heavy atom. The van der Waals surface area contributed by atoms with Crippen LogP contribution in [0.25, 0.3) is 0 Å². The van der Waals surface area contributed by atoms with Gasteiger partial charge >= 0.3 is 24.1 Å². The van der Waals surface area contributed by atoms with E-state index in [1.165, 1.54) is 14.2 Å². The first kappa shape index (κ1) is 50.4. The van der Waals surface area contributed by atoms with E-state index in [1.54, 1.807) is 41.5 Å². The van der Waals surface area contributed by atoms with Crippen molar-refractivity contribution in [1.82, 2.24) is 31.9 Å². The van der Waals surface area contributed by atoms with E-state index in [0.29, 0.717) is 44.9 Å². The maximum absolute atomic E-state index is 13.8. The molecule has 1 rings (SSSR count). The number of carbonyl (C=O) groups excluding carboxylic acids is 8. The summed E-state index contributed by atoms with van der Waals surface area (Å²) in [5, 5.41) is 16.0. The molecular weight excluding hydrogens is 744 g/mol. The number of rotatable bonds is 22. The zero-order valence-corrected chi connectivity index (χ0v) is 35.6. The highest BCUT2D eigenvalue weighted by atomic mass is 16.6. The van der Waals surface area contributed by atoms with Gasteiger partial charge in [-0.2, -0.15) is 0 Å². The molecule has 1 aliphatic rings. The summed E-state index contributed by atoms with van der Waals surface area (Å²) in [6.07, 6.45) is 3.01. The standard InChI is InChI=1S/C39H68N6O12/c1-11-13-18-26(32(48)44-28(34(50)54-9)20-22-40-36(52)56-38(3,4)5)42-30(46)24-16-15-17-25(24)31(47)43-27(19-14-12-2)33(49)45-29(35(51)55-10)21-23-41-37(53)57-39(6,7)8/h24-29H,11-23H2,1-10H3,(H,40,52)(H,41,53)(H,42,46)(H,43,47)(H,44,48)(H,45,49)/t24-,25-,26+,27+,28+,29+/m1/s1. The predicted molar refractivity (Wildman–Crippen MR) is 209 cm³/mol. The van der Waals surface area contributed by atoms with E-state index in [0.717, 1.165) is 0 Å². The van der Waals surface area contributed by atoms with E-state index in [4.69, 9.17) is 18.9 Å². The van der Waals surface area contributed by atoms with E-state index in [1.807, 2.05) is 13.8 Å². The lowest BCUT2D eigenvalue weighted by molar-refractivity contribution is -0.146. The fourth-order valence-electron chi connectivity index (χ4n) is 6.09. The SMILES string of the molecule is CCCC[C@H](NC(=O)[C@@H]1CCC[C@H]1C(=O)N[C@@H](CCCC)C(=O)N[C@@H](CCNC(=O)OC(C)(C)C)C(=O)OC)C(=O)N[C@@H](CCNC(=O)OC(C)(C)C)C(=O)OC. The van der Waals surface area contributed by atoms with E-state index in [2.05, 4.69) is 31.9 Å². The topological polar surface area (TPSA) is 246 Å². The maximum Gasteiger partial charge on any atom is 0.407 e. The van der Waals surface area contributed by atoms with E-state index < -0.39 is 95.0 Å². The lowest BCUT2D eigenvalue weighted by Gasteiger charge is -2.27. The average molecular weight is 813 g/mol. The molecule has 6 amide bonds. The second kappa shape index (κ2) is 24.9. The number of hydrogen-bond acceptors (Lipinski definition) is 12. The minimum absolute atomic E-state index is 0.00685. The molecule has 57 heavy (non-hydrogen) atoms. The monoisotopic (exact) mass is 812 g/mol. The molecule has 18 heteroatoms. The van der Waals surface area contributed by atoms with Crippen LogP contribution < -0.4 is 31.9 Å². The summed E-state index contributed by atoms with van der Waals surface area (Å²) in [5.74, 6) is -5.34. The number of unbranched alkanes of at least 4 members (excludes halogenated alkanes) is 2. The van der Waals surface area contributed by atoms with Crippen molar-refractivity contribution in [2.24, 2.45) is 11.8 Å². The van der Waals surface area contributed by atoms with Crippen molar-refractivity contribution in [3.05, 3.63) is 0 Å². The van der Waals surface area contributed by atoms with Crippen molar-refractivity contribution in [3.8, 4) is 0 Å². The summed E-state index contributed by atoms with van der Waals surface area (Å²) in [5.41, 5.74) is -1.45. The number of carbonyl (C=O) groups is 8. The van der Waals surface area contributed by atoms with Gasteiger partial charge in [0.25, 0.3) is 0 Å². The summed E-state index contributed by atoms with van der Waals surface area (Å²) in [6, 6.07) is -4.32. The second-order valence-corrected chi connectivity index (χ2v) is 16.2. The molecule has 6 atom stereocenters. The van der Waals surface area contributed by atoms with Crippen molar-refractivity contribution in [2.45, 2.75) is 161 Å². The lowest BCUT2D eigenvalue weighted by atomic mass is 9.93. The third kappa shape index (κ3) is 19.9. The second-order valence-electron chi connectivity index (χ2n) is 16.2. The first-order chi connectivity index (χ1) is 26.7. The number of nitrogens with one attached hydrogen (secondary N) is 6. The molecule has 1 fully saturated rings. The molecule has 0 heterocycles. The molecule has 0 radical (unpaired) electrons. The highest BCUT2D eigenvalue weighted by molar-refractivity contribution is 5.95. The molecule has 1 saturated carbocycles. The molecule has 0 unspecified atom stereocenters. The van der Waals surface area contributed by atoms with Gasteiger partial charge in [-0.15, -0.1) is 0 Å². The van der Waals surface area contributed by atoms with Crippen molar-refractivity contribution in [1.29, 1.82) is 0 Å². The molecular formula is C39H68N6O12. The van der Waals surface area contributed by atoms with E-state index in [-0.39, 0.29) is 38.8 Å². The summed E-state index contributed by atoms with van der Waals surface area (Å²) in [6.45, 7) is 14.1. The fourth-order valence-corrected chi connectivity index (χ4v) is 6.09. The molecule has 0 spiro atoms. The van der Waals surface area contributed by atoms with Gasteiger partial charge in [0.1, 0.15) is 35.4 Å². The molecule has 6 N–H and O–H groups in total. The van der Waals surface area contributed by atoms with Crippen LogP contribution in [0, 0.1) is 11.8 Å². The quantitative estimate of drug-likeness (QED) is 0.0683.